The molecule has 8 heteroatoms. The molecule has 0 radical (unpaired) electrons. The number of amides is 1. The third-order valence-corrected chi connectivity index (χ3v) is 7.20. The number of carbonyl (C=O) groups is 2. The van der Waals surface area contributed by atoms with Crippen molar-refractivity contribution in [3.05, 3.63) is 101 Å². The summed E-state index contributed by atoms with van der Waals surface area (Å²) in [7, 11) is 0. The molecule has 1 saturated heterocycles. The van der Waals surface area contributed by atoms with E-state index in [0.29, 0.717) is 53.2 Å². The van der Waals surface area contributed by atoms with Gasteiger partial charge in [0.15, 0.2) is 17.3 Å². The number of likely N-dealkylation sites (tertiary alicyclic amines) is 1. The number of imidazole rings is 1. The molecule has 1 fully saturated rings. The number of aliphatic hydroxyl groups excluding tert-OH is 1. The molecule has 0 saturated carbocycles. The van der Waals surface area contributed by atoms with Gasteiger partial charge in [0, 0.05) is 12.7 Å². The fraction of sp³-hybridized carbons (Fsp3) is 0.303. The zero-order valence-corrected chi connectivity index (χ0v) is 23.8. The lowest BCUT2D eigenvalue weighted by Gasteiger charge is -2.26. The number of fused-ring (bicyclic) bond motifs is 1. The molecule has 4 aromatic rings. The van der Waals surface area contributed by atoms with Crippen LogP contribution in [-0.4, -0.2) is 44.3 Å². The second kappa shape index (κ2) is 11.9. The summed E-state index contributed by atoms with van der Waals surface area (Å²) in [6.45, 7) is 9.07. The van der Waals surface area contributed by atoms with Crippen LogP contribution in [0.2, 0.25) is 0 Å². The molecule has 1 aliphatic rings. The van der Waals surface area contributed by atoms with Gasteiger partial charge >= 0.3 is 0 Å². The van der Waals surface area contributed by atoms with E-state index >= 15 is 0 Å². The van der Waals surface area contributed by atoms with Crippen molar-refractivity contribution in [2.24, 2.45) is 5.92 Å². The number of ether oxygens (including phenoxy) is 2. The van der Waals surface area contributed by atoms with Gasteiger partial charge in [-0.1, -0.05) is 56.3 Å². The highest BCUT2D eigenvalue weighted by molar-refractivity contribution is 6.46. The van der Waals surface area contributed by atoms with Gasteiger partial charge in [-0.25, -0.2) is 4.98 Å². The molecule has 5 rings (SSSR count). The van der Waals surface area contributed by atoms with Gasteiger partial charge in [0.1, 0.15) is 11.3 Å². The van der Waals surface area contributed by atoms with Crippen molar-refractivity contribution >= 4 is 23.1 Å². The molecule has 8 nitrogen and oxygen atoms in total. The second-order valence-electron chi connectivity index (χ2n) is 10.6. The van der Waals surface area contributed by atoms with E-state index in [4.69, 9.17) is 9.47 Å². The lowest BCUT2D eigenvalue weighted by atomic mass is 9.95. The van der Waals surface area contributed by atoms with E-state index in [1.165, 1.54) is 4.90 Å². The number of hydrogen-bond acceptors (Lipinski definition) is 6. The lowest BCUT2D eigenvalue weighted by Crippen LogP contribution is -2.29. The number of hydrogen-bond donors (Lipinski definition) is 1. The van der Waals surface area contributed by atoms with Crippen molar-refractivity contribution < 1.29 is 24.2 Å². The normalized spacial score (nSPS) is 16.6. The molecule has 1 amide bonds. The van der Waals surface area contributed by atoms with E-state index in [9.17, 15) is 14.7 Å². The minimum atomic E-state index is -0.854. The molecule has 3 heterocycles. The molecule has 0 spiro atoms. The Morgan fingerprint density at radius 2 is 1.76 bits per heavy atom. The Morgan fingerprint density at radius 1 is 1.00 bits per heavy atom. The van der Waals surface area contributed by atoms with Gasteiger partial charge in [0.2, 0.25) is 0 Å². The van der Waals surface area contributed by atoms with Crippen molar-refractivity contribution in [2.45, 2.75) is 46.7 Å². The number of benzene rings is 2. The van der Waals surface area contributed by atoms with Crippen molar-refractivity contribution in [3.8, 4) is 11.5 Å². The molecule has 1 aliphatic heterocycles. The first-order valence-electron chi connectivity index (χ1n) is 14.0. The monoisotopic (exact) mass is 553 g/mol. The predicted molar refractivity (Wildman–Crippen MR) is 157 cm³/mol. The summed E-state index contributed by atoms with van der Waals surface area (Å²) in [5, 5.41) is 11.8. The van der Waals surface area contributed by atoms with Gasteiger partial charge in [-0.3, -0.25) is 14.0 Å². The van der Waals surface area contributed by atoms with Gasteiger partial charge in [0.05, 0.1) is 30.5 Å². The maximum Gasteiger partial charge on any atom is 0.295 e. The van der Waals surface area contributed by atoms with Crippen molar-refractivity contribution in [2.75, 3.05) is 13.2 Å². The van der Waals surface area contributed by atoms with E-state index < -0.39 is 17.7 Å². The molecule has 2 aromatic carbocycles. The zero-order chi connectivity index (χ0) is 29.1. The first-order valence-corrected chi connectivity index (χ1v) is 14.0. The molecule has 1 unspecified atom stereocenters. The van der Waals surface area contributed by atoms with Gasteiger partial charge in [-0.2, -0.15) is 0 Å². The Balaban J connectivity index is 1.66. The summed E-state index contributed by atoms with van der Waals surface area (Å²) in [5.41, 5.74) is 3.06. The highest BCUT2D eigenvalue weighted by atomic mass is 16.5. The number of aliphatic hydroxyl groups is 1. The van der Waals surface area contributed by atoms with Gasteiger partial charge in [-0.05, 0) is 61.6 Å². The van der Waals surface area contributed by atoms with Gasteiger partial charge in [-0.15, -0.1) is 0 Å². The number of rotatable bonds is 10. The number of aryl methyl sites for hydroxylation is 1. The van der Waals surface area contributed by atoms with Crippen LogP contribution in [-0.2, 0) is 16.1 Å². The van der Waals surface area contributed by atoms with E-state index in [1.807, 2.05) is 67.6 Å². The third-order valence-electron chi connectivity index (χ3n) is 7.20. The first kappa shape index (κ1) is 28.0. The van der Waals surface area contributed by atoms with Crippen LogP contribution in [0.3, 0.4) is 0 Å². The number of ketones is 1. The maximum atomic E-state index is 13.7. The molecular weight excluding hydrogens is 518 g/mol. The lowest BCUT2D eigenvalue weighted by molar-refractivity contribution is -0.140. The summed E-state index contributed by atoms with van der Waals surface area (Å²) >= 11 is 0. The molecule has 41 heavy (non-hydrogen) atoms. The Hall–Kier alpha value is -4.59. The highest BCUT2D eigenvalue weighted by Crippen LogP contribution is 2.43. The summed E-state index contributed by atoms with van der Waals surface area (Å²) in [6.07, 6.45) is 2.67. The van der Waals surface area contributed by atoms with Crippen LogP contribution >= 0.6 is 0 Å². The average molecular weight is 554 g/mol. The summed E-state index contributed by atoms with van der Waals surface area (Å²) in [4.78, 5) is 33.3. The van der Waals surface area contributed by atoms with Crippen LogP contribution in [0.25, 0.3) is 11.4 Å². The fourth-order valence-electron chi connectivity index (χ4n) is 5.18. The third kappa shape index (κ3) is 5.55. The SMILES string of the molecule is CCOc1cc(C2/C(=C(\O)c3c(C)nc4ccccn34)C(=O)C(=O)N2Cc2ccccc2)ccc1OCCC(C)C. The van der Waals surface area contributed by atoms with Crippen LogP contribution in [0.1, 0.15) is 55.7 Å². The van der Waals surface area contributed by atoms with E-state index in [0.717, 1.165) is 12.0 Å². The average Bonchev–Trinajstić information content (AvgIpc) is 3.42. The van der Waals surface area contributed by atoms with Gasteiger partial charge < -0.3 is 19.5 Å². The van der Waals surface area contributed by atoms with Crippen LogP contribution < -0.4 is 9.47 Å². The number of pyridine rings is 1. The predicted octanol–water partition coefficient (Wildman–Crippen LogP) is 6.09. The number of Topliss-reactive ketones (excluding diaryl/α,β-unsaturated/α-hetero) is 1. The number of nitrogens with zero attached hydrogens (tertiary/aromatic N) is 3. The largest absolute Gasteiger partial charge is 0.505 e. The molecule has 1 N–H and O–H groups in total. The molecule has 2 aromatic heterocycles. The quantitative estimate of drug-likeness (QED) is 0.145. The van der Waals surface area contributed by atoms with E-state index in [1.54, 1.807) is 23.6 Å². The van der Waals surface area contributed by atoms with Crippen LogP contribution in [0.15, 0.2) is 78.5 Å². The maximum absolute atomic E-state index is 13.7. The number of carbonyl (C=O) groups excluding carboxylic acids is 2. The van der Waals surface area contributed by atoms with Gasteiger partial charge in [0.25, 0.3) is 11.7 Å². The Bertz CT molecular complexity index is 1610. The van der Waals surface area contributed by atoms with E-state index in [-0.39, 0.29) is 17.9 Å². The smallest absolute Gasteiger partial charge is 0.295 e. The second-order valence-corrected chi connectivity index (χ2v) is 10.6. The minimum absolute atomic E-state index is 0.00982. The molecule has 212 valence electrons. The molecule has 0 aliphatic carbocycles. The van der Waals surface area contributed by atoms with Crippen LogP contribution in [0.5, 0.6) is 11.5 Å². The number of aromatic nitrogens is 2. The molecular formula is C33H35N3O5. The summed E-state index contributed by atoms with van der Waals surface area (Å²) in [5.74, 6) is -0.0917. The Morgan fingerprint density at radius 3 is 2.49 bits per heavy atom. The topological polar surface area (TPSA) is 93.4 Å². The Kier molecular flexibility index (Phi) is 8.10. The van der Waals surface area contributed by atoms with Crippen molar-refractivity contribution in [3.63, 3.8) is 0 Å². The standard InChI is InChI=1S/C33H35N3O5/c1-5-40-26-19-24(14-15-25(26)41-18-16-21(2)3)30-28(31(37)29-22(4)34-27-13-9-10-17-35(27)29)32(38)33(39)36(30)20-23-11-7-6-8-12-23/h6-15,17,19,21,30,37H,5,16,18,20H2,1-4H3/b31-28+. The zero-order valence-electron chi connectivity index (χ0n) is 23.8. The Labute approximate surface area is 239 Å². The molecule has 1 atom stereocenters. The van der Waals surface area contributed by atoms with E-state index in [2.05, 4.69) is 18.8 Å². The van der Waals surface area contributed by atoms with Crippen LogP contribution in [0, 0.1) is 12.8 Å². The highest BCUT2D eigenvalue weighted by Gasteiger charge is 2.46. The summed E-state index contributed by atoms with van der Waals surface area (Å²) < 4.78 is 13.7. The minimum Gasteiger partial charge on any atom is -0.505 e. The van der Waals surface area contributed by atoms with Crippen LogP contribution in [0.4, 0.5) is 0 Å². The fourth-order valence-corrected chi connectivity index (χ4v) is 5.18. The first-order chi connectivity index (χ1) is 19.8. The van der Waals surface area contributed by atoms with Crippen molar-refractivity contribution in [1.82, 2.24) is 14.3 Å². The molecule has 0 bridgehead atoms. The van der Waals surface area contributed by atoms with Crippen molar-refractivity contribution in [1.29, 1.82) is 0 Å². The summed E-state index contributed by atoms with van der Waals surface area (Å²) in [6, 6.07) is 19.6.